The van der Waals surface area contributed by atoms with Crippen LogP contribution in [-0.2, 0) is 4.79 Å². The summed E-state index contributed by atoms with van der Waals surface area (Å²) >= 11 is 0. The number of H-pyrrole nitrogens is 1. The van der Waals surface area contributed by atoms with Gasteiger partial charge in [0.1, 0.15) is 0 Å². The van der Waals surface area contributed by atoms with E-state index in [2.05, 4.69) is 9.72 Å². The minimum atomic E-state index is -0.413. The monoisotopic (exact) mass is 153 g/mol. The Morgan fingerprint density at radius 1 is 1.64 bits per heavy atom. The highest BCUT2D eigenvalue weighted by Crippen LogP contribution is 2.07. The van der Waals surface area contributed by atoms with Crippen molar-refractivity contribution in [3.8, 4) is 5.88 Å². The van der Waals surface area contributed by atoms with E-state index in [1.165, 1.54) is 19.1 Å². The van der Waals surface area contributed by atoms with Crippen molar-refractivity contribution in [2.24, 2.45) is 0 Å². The van der Waals surface area contributed by atoms with E-state index in [0.29, 0.717) is 17.9 Å². The molecular formula is C7H7NO3. The summed E-state index contributed by atoms with van der Waals surface area (Å²) in [6, 6.07) is 3.05. The number of rotatable bonds is 2. The Hall–Kier alpha value is -1.58. The van der Waals surface area contributed by atoms with E-state index in [-0.39, 0.29) is 0 Å². The van der Waals surface area contributed by atoms with Gasteiger partial charge < -0.3 is 9.72 Å². The Balaban J connectivity index is 2.72. The Morgan fingerprint density at radius 3 is 2.82 bits per heavy atom. The second-order valence-electron chi connectivity index (χ2n) is 1.99. The average molecular weight is 153 g/mol. The predicted octanol–water partition coefficient (Wildman–Crippen LogP) is 0.752. The van der Waals surface area contributed by atoms with Gasteiger partial charge in [-0.2, -0.15) is 0 Å². The van der Waals surface area contributed by atoms with E-state index in [1.54, 1.807) is 0 Å². The van der Waals surface area contributed by atoms with E-state index in [0.717, 1.165) is 0 Å². The number of hydrogen-bond donors (Lipinski definition) is 1. The largest absolute Gasteiger partial charge is 0.410 e. The summed E-state index contributed by atoms with van der Waals surface area (Å²) < 4.78 is 4.64. The van der Waals surface area contributed by atoms with Crippen LogP contribution in [0.15, 0.2) is 12.1 Å². The van der Waals surface area contributed by atoms with E-state index >= 15 is 0 Å². The molecule has 0 aromatic carbocycles. The lowest BCUT2D eigenvalue weighted by molar-refractivity contribution is -0.132. The van der Waals surface area contributed by atoms with Crippen LogP contribution in [0.5, 0.6) is 5.88 Å². The lowest BCUT2D eigenvalue weighted by Crippen LogP contribution is -2.01. The minimum absolute atomic E-state index is 0.291. The molecule has 1 aromatic heterocycles. The average Bonchev–Trinajstić information content (AvgIpc) is 2.34. The van der Waals surface area contributed by atoms with Gasteiger partial charge in [-0.3, -0.25) is 9.59 Å². The lowest BCUT2D eigenvalue weighted by Gasteiger charge is -1.93. The summed E-state index contributed by atoms with van der Waals surface area (Å²) in [5.74, 6) is -0.121. The van der Waals surface area contributed by atoms with Crippen LogP contribution in [0, 0.1) is 0 Å². The third-order valence-corrected chi connectivity index (χ3v) is 1.06. The molecule has 0 aliphatic heterocycles. The Bertz CT molecular complexity index is 277. The Labute approximate surface area is 63.2 Å². The number of nitrogens with one attached hydrogen (secondary N) is 1. The van der Waals surface area contributed by atoms with Crippen LogP contribution < -0.4 is 4.74 Å². The summed E-state index contributed by atoms with van der Waals surface area (Å²) in [5.41, 5.74) is 0.390. The Morgan fingerprint density at radius 2 is 2.36 bits per heavy atom. The van der Waals surface area contributed by atoms with Crippen LogP contribution in [-0.4, -0.2) is 17.2 Å². The molecule has 1 heterocycles. The fourth-order valence-corrected chi connectivity index (χ4v) is 0.674. The van der Waals surface area contributed by atoms with Crippen molar-refractivity contribution in [3.05, 3.63) is 17.8 Å². The molecule has 11 heavy (non-hydrogen) atoms. The molecule has 0 fully saturated rings. The van der Waals surface area contributed by atoms with Crippen LogP contribution in [0.2, 0.25) is 0 Å². The van der Waals surface area contributed by atoms with Gasteiger partial charge in [-0.1, -0.05) is 0 Å². The number of aromatic nitrogens is 1. The second kappa shape index (κ2) is 3.01. The van der Waals surface area contributed by atoms with Gasteiger partial charge in [-0.25, -0.2) is 0 Å². The van der Waals surface area contributed by atoms with Gasteiger partial charge in [0, 0.05) is 13.0 Å². The number of carbonyl (C=O) groups is 2. The molecule has 0 aliphatic carbocycles. The summed E-state index contributed by atoms with van der Waals surface area (Å²) in [4.78, 5) is 23.1. The molecular weight excluding hydrogens is 146 g/mol. The lowest BCUT2D eigenvalue weighted by atomic mass is 10.5. The number of ether oxygens (including phenoxy) is 1. The van der Waals surface area contributed by atoms with Crippen LogP contribution >= 0.6 is 0 Å². The van der Waals surface area contributed by atoms with Gasteiger partial charge in [0.05, 0.1) is 5.69 Å². The second-order valence-corrected chi connectivity index (χ2v) is 1.99. The first-order valence-electron chi connectivity index (χ1n) is 3.05. The molecule has 0 atom stereocenters. The maximum Gasteiger partial charge on any atom is 0.309 e. The third-order valence-electron chi connectivity index (χ3n) is 1.06. The number of esters is 1. The molecule has 1 N–H and O–H groups in total. The highest BCUT2D eigenvalue weighted by Gasteiger charge is 1.99. The van der Waals surface area contributed by atoms with Crippen molar-refractivity contribution >= 4 is 12.3 Å². The molecule has 0 radical (unpaired) electrons. The summed E-state index contributed by atoms with van der Waals surface area (Å²) in [5, 5.41) is 0. The van der Waals surface area contributed by atoms with Crippen LogP contribution in [0.25, 0.3) is 0 Å². The topological polar surface area (TPSA) is 59.2 Å². The van der Waals surface area contributed by atoms with Crippen LogP contribution in [0.3, 0.4) is 0 Å². The number of aromatic amines is 1. The molecule has 0 spiro atoms. The van der Waals surface area contributed by atoms with Crippen molar-refractivity contribution in [2.45, 2.75) is 6.92 Å². The molecule has 58 valence electrons. The van der Waals surface area contributed by atoms with Gasteiger partial charge in [0.2, 0.25) is 5.88 Å². The van der Waals surface area contributed by atoms with Crippen molar-refractivity contribution in [1.82, 2.24) is 4.98 Å². The molecule has 0 saturated carbocycles. The van der Waals surface area contributed by atoms with E-state index in [1.807, 2.05) is 0 Å². The predicted molar refractivity (Wildman–Crippen MR) is 37.5 cm³/mol. The van der Waals surface area contributed by atoms with E-state index in [4.69, 9.17) is 0 Å². The summed E-state index contributed by atoms with van der Waals surface area (Å²) in [6.45, 7) is 1.29. The van der Waals surface area contributed by atoms with E-state index < -0.39 is 5.97 Å². The summed E-state index contributed by atoms with van der Waals surface area (Å²) in [6.07, 6.45) is 0.646. The Kier molecular flexibility index (Phi) is 2.06. The molecule has 0 amide bonds. The van der Waals surface area contributed by atoms with Crippen molar-refractivity contribution < 1.29 is 14.3 Å². The van der Waals surface area contributed by atoms with E-state index in [9.17, 15) is 9.59 Å². The maximum atomic E-state index is 10.4. The zero-order valence-electron chi connectivity index (χ0n) is 5.96. The quantitative estimate of drug-likeness (QED) is 0.503. The number of hydrogen-bond acceptors (Lipinski definition) is 3. The van der Waals surface area contributed by atoms with Gasteiger partial charge in [0.25, 0.3) is 0 Å². The SMILES string of the molecule is CC(=O)Oc1ccc(C=O)[nH]1. The maximum absolute atomic E-state index is 10.4. The van der Waals surface area contributed by atoms with Gasteiger partial charge >= 0.3 is 5.97 Å². The molecule has 4 nitrogen and oxygen atoms in total. The standard InChI is InChI=1S/C7H7NO3/c1-5(10)11-7-3-2-6(4-9)8-7/h2-4,8H,1H3. The molecule has 1 aromatic rings. The fourth-order valence-electron chi connectivity index (χ4n) is 0.674. The first kappa shape index (κ1) is 7.53. The van der Waals surface area contributed by atoms with Crippen LogP contribution in [0.1, 0.15) is 17.4 Å². The number of carbonyl (C=O) groups excluding carboxylic acids is 2. The fraction of sp³-hybridized carbons (Fsp3) is 0.143. The van der Waals surface area contributed by atoms with Gasteiger partial charge in [-0.15, -0.1) is 0 Å². The van der Waals surface area contributed by atoms with Crippen molar-refractivity contribution in [1.29, 1.82) is 0 Å². The highest BCUT2D eigenvalue weighted by molar-refractivity contribution is 5.73. The molecule has 0 bridgehead atoms. The summed E-state index contributed by atoms with van der Waals surface area (Å²) in [7, 11) is 0. The molecule has 0 aliphatic rings. The first-order valence-corrected chi connectivity index (χ1v) is 3.05. The highest BCUT2D eigenvalue weighted by atomic mass is 16.5. The molecule has 1 rings (SSSR count). The van der Waals surface area contributed by atoms with Crippen LogP contribution in [0.4, 0.5) is 0 Å². The first-order chi connectivity index (χ1) is 5.22. The third kappa shape index (κ3) is 1.93. The zero-order valence-corrected chi connectivity index (χ0v) is 5.96. The number of aldehydes is 1. The van der Waals surface area contributed by atoms with Crippen molar-refractivity contribution in [2.75, 3.05) is 0 Å². The minimum Gasteiger partial charge on any atom is -0.410 e. The normalized spacial score (nSPS) is 9.18. The smallest absolute Gasteiger partial charge is 0.309 e. The van der Waals surface area contributed by atoms with Gasteiger partial charge in [-0.05, 0) is 6.07 Å². The van der Waals surface area contributed by atoms with Gasteiger partial charge in [0.15, 0.2) is 6.29 Å². The zero-order chi connectivity index (χ0) is 8.27. The van der Waals surface area contributed by atoms with Crippen molar-refractivity contribution in [3.63, 3.8) is 0 Å². The molecule has 0 saturated heterocycles. The molecule has 0 unspecified atom stereocenters. The molecule has 4 heteroatoms.